The second-order valence-corrected chi connectivity index (χ2v) is 6.16. The number of hydrogen-bond donors (Lipinski definition) is 1. The molecule has 22 heavy (non-hydrogen) atoms. The first kappa shape index (κ1) is 15.0. The quantitative estimate of drug-likeness (QED) is 0.922. The molecule has 0 saturated carbocycles. The molecule has 0 aromatic heterocycles. The predicted octanol–water partition coefficient (Wildman–Crippen LogP) is 3.70. The molecule has 3 nitrogen and oxygen atoms in total. The molecule has 1 N–H and O–H groups in total. The van der Waals surface area contributed by atoms with Crippen LogP contribution in [0.25, 0.3) is 0 Å². The van der Waals surface area contributed by atoms with Crippen LogP contribution in [0.15, 0.2) is 47.7 Å². The zero-order valence-corrected chi connectivity index (χ0v) is 13.4. The normalized spacial score (nSPS) is 21.3. The fourth-order valence-electron chi connectivity index (χ4n) is 3.29. The lowest BCUT2D eigenvalue weighted by molar-refractivity contribution is -0.119. The number of amides is 1. The Bertz CT molecular complexity index is 624. The molecule has 116 valence electrons. The van der Waals surface area contributed by atoms with Gasteiger partial charge in [-0.25, -0.2) is 0 Å². The largest absolute Gasteiger partial charge is 0.306 e. The Morgan fingerprint density at radius 1 is 1.18 bits per heavy atom. The molecule has 0 unspecified atom stereocenters. The first-order chi connectivity index (χ1) is 10.7. The van der Waals surface area contributed by atoms with Crippen molar-refractivity contribution in [3.8, 4) is 0 Å². The van der Waals surface area contributed by atoms with Crippen LogP contribution in [0.5, 0.6) is 0 Å². The molecule has 1 atom stereocenters. The van der Waals surface area contributed by atoms with E-state index in [-0.39, 0.29) is 11.9 Å². The summed E-state index contributed by atoms with van der Waals surface area (Å²) in [5.74, 6) is 0.174. The summed E-state index contributed by atoms with van der Waals surface area (Å²) in [7, 11) is 0. The van der Waals surface area contributed by atoms with Crippen LogP contribution in [0.3, 0.4) is 0 Å². The predicted molar refractivity (Wildman–Crippen MR) is 90.8 cm³/mol. The second-order valence-electron chi connectivity index (χ2n) is 6.16. The third kappa shape index (κ3) is 2.86. The highest BCUT2D eigenvalue weighted by atomic mass is 16.2. The fourth-order valence-corrected chi connectivity index (χ4v) is 3.29. The first-order valence-corrected chi connectivity index (χ1v) is 8.19. The molecule has 1 aromatic rings. The van der Waals surface area contributed by atoms with E-state index >= 15 is 0 Å². The standard InChI is InChI=1S/C19H24N2O/c1-14-8-3-5-11-17(14)21(18-12-6-4-9-15(18)2)19(22)16-10-7-13-20-16/h3,5,8-9,11-12,16,20H,4,6-7,10,13H2,1-2H3/t16-/m1/s1. The molecule has 1 heterocycles. The highest BCUT2D eigenvalue weighted by Gasteiger charge is 2.31. The van der Waals surface area contributed by atoms with Gasteiger partial charge in [-0.2, -0.15) is 0 Å². The fraction of sp³-hybridized carbons (Fsp3) is 0.421. The van der Waals surface area contributed by atoms with Crippen LogP contribution in [0.1, 0.15) is 38.2 Å². The van der Waals surface area contributed by atoms with Gasteiger partial charge in [0.25, 0.3) is 0 Å². The average Bonchev–Trinajstić information content (AvgIpc) is 3.05. The number of nitrogens with one attached hydrogen (secondary N) is 1. The summed E-state index contributed by atoms with van der Waals surface area (Å²) in [6.45, 7) is 5.11. The van der Waals surface area contributed by atoms with E-state index < -0.39 is 0 Å². The second kappa shape index (κ2) is 6.49. The molecule has 1 aliphatic heterocycles. The van der Waals surface area contributed by atoms with Gasteiger partial charge in [0, 0.05) is 5.70 Å². The summed E-state index contributed by atoms with van der Waals surface area (Å²) >= 11 is 0. The number of benzene rings is 1. The zero-order valence-electron chi connectivity index (χ0n) is 13.4. The topological polar surface area (TPSA) is 32.3 Å². The van der Waals surface area contributed by atoms with Crippen LogP contribution in [-0.2, 0) is 4.79 Å². The van der Waals surface area contributed by atoms with E-state index in [1.54, 1.807) is 0 Å². The van der Waals surface area contributed by atoms with Gasteiger partial charge in [0.2, 0.25) is 5.91 Å². The maximum absolute atomic E-state index is 13.1. The Morgan fingerprint density at radius 2 is 1.95 bits per heavy atom. The minimum atomic E-state index is -0.0600. The summed E-state index contributed by atoms with van der Waals surface area (Å²) in [4.78, 5) is 15.1. The van der Waals surface area contributed by atoms with Crippen molar-refractivity contribution in [3.63, 3.8) is 0 Å². The highest BCUT2D eigenvalue weighted by molar-refractivity contribution is 6.01. The summed E-state index contributed by atoms with van der Waals surface area (Å²) < 4.78 is 0. The first-order valence-electron chi connectivity index (χ1n) is 8.19. The van der Waals surface area contributed by atoms with E-state index in [1.165, 1.54) is 5.57 Å². The Balaban J connectivity index is 2.02. The molecule has 2 aliphatic rings. The number of rotatable bonds is 3. The number of hydrogen-bond acceptors (Lipinski definition) is 2. The lowest BCUT2D eigenvalue weighted by Gasteiger charge is -2.31. The maximum atomic E-state index is 13.1. The van der Waals surface area contributed by atoms with Crippen molar-refractivity contribution in [1.29, 1.82) is 0 Å². The lowest BCUT2D eigenvalue weighted by Crippen LogP contribution is -2.44. The van der Waals surface area contributed by atoms with Crippen molar-refractivity contribution < 1.29 is 4.79 Å². The van der Waals surface area contributed by atoms with Gasteiger partial charge in [-0.3, -0.25) is 9.69 Å². The van der Waals surface area contributed by atoms with Crippen molar-refractivity contribution >= 4 is 11.6 Å². The Hall–Kier alpha value is -1.87. The van der Waals surface area contributed by atoms with Crippen molar-refractivity contribution in [2.24, 2.45) is 0 Å². The van der Waals surface area contributed by atoms with Crippen LogP contribution in [0.2, 0.25) is 0 Å². The summed E-state index contributed by atoms with van der Waals surface area (Å²) in [6, 6.07) is 8.08. The number of nitrogens with zero attached hydrogens (tertiary/aromatic N) is 1. The third-order valence-electron chi connectivity index (χ3n) is 4.53. The van der Waals surface area contributed by atoms with Crippen LogP contribution < -0.4 is 10.2 Å². The van der Waals surface area contributed by atoms with Gasteiger partial charge in [0.05, 0.1) is 11.7 Å². The van der Waals surface area contributed by atoms with E-state index in [0.717, 1.165) is 49.2 Å². The van der Waals surface area contributed by atoms with Gasteiger partial charge < -0.3 is 5.32 Å². The molecule has 1 saturated heterocycles. The number of allylic oxidation sites excluding steroid dienone is 3. The number of carbonyl (C=O) groups is 1. The SMILES string of the molecule is CC1=CCCC=C1N(C(=O)[C@H]1CCCN1)c1ccccc1C. The summed E-state index contributed by atoms with van der Waals surface area (Å²) in [5, 5.41) is 3.34. The van der Waals surface area contributed by atoms with Crippen molar-refractivity contribution in [3.05, 3.63) is 53.3 Å². The number of para-hydroxylation sites is 1. The van der Waals surface area contributed by atoms with Crippen molar-refractivity contribution in [2.75, 3.05) is 11.4 Å². The van der Waals surface area contributed by atoms with Gasteiger partial charge in [-0.15, -0.1) is 0 Å². The van der Waals surface area contributed by atoms with E-state index in [4.69, 9.17) is 0 Å². The molecule has 1 aromatic carbocycles. The van der Waals surface area contributed by atoms with Gasteiger partial charge >= 0.3 is 0 Å². The van der Waals surface area contributed by atoms with Crippen LogP contribution in [0, 0.1) is 6.92 Å². The summed E-state index contributed by atoms with van der Waals surface area (Å²) in [5.41, 5.74) is 4.38. The average molecular weight is 296 g/mol. The molecular formula is C19H24N2O. The van der Waals surface area contributed by atoms with E-state index in [9.17, 15) is 4.79 Å². The Kier molecular flexibility index (Phi) is 4.44. The molecule has 1 aliphatic carbocycles. The molecular weight excluding hydrogens is 272 g/mol. The van der Waals surface area contributed by atoms with Crippen molar-refractivity contribution in [2.45, 2.75) is 45.6 Å². The summed E-state index contributed by atoms with van der Waals surface area (Å²) in [6.07, 6.45) is 8.50. The number of anilines is 1. The molecule has 0 spiro atoms. The highest BCUT2D eigenvalue weighted by Crippen LogP contribution is 2.31. The van der Waals surface area contributed by atoms with Crippen LogP contribution in [0.4, 0.5) is 5.69 Å². The van der Waals surface area contributed by atoms with E-state index in [1.807, 2.05) is 23.1 Å². The minimum Gasteiger partial charge on any atom is -0.306 e. The van der Waals surface area contributed by atoms with Gasteiger partial charge in [-0.1, -0.05) is 30.4 Å². The number of carbonyl (C=O) groups excluding carboxylic acids is 1. The van der Waals surface area contributed by atoms with Gasteiger partial charge in [-0.05, 0) is 63.3 Å². The van der Waals surface area contributed by atoms with Crippen LogP contribution >= 0.6 is 0 Å². The zero-order chi connectivity index (χ0) is 15.5. The molecule has 3 rings (SSSR count). The van der Waals surface area contributed by atoms with Crippen LogP contribution in [-0.4, -0.2) is 18.5 Å². The maximum Gasteiger partial charge on any atom is 0.248 e. The number of aryl methyl sites for hydroxylation is 1. The lowest BCUT2D eigenvalue weighted by atomic mass is 10.0. The molecule has 1 fully saturated rings. The molecule has 0 radical (unpaired) electrons. The van der Waals surface area contributed by atoms with Crippen molar-refractivity contribution in [1.82, 2.24) is 5.32 Å². The van der Waals surface area contributed by atoms with Gasteiger partial charge in [0.15, 0.2) is 0 Å². The molecule has 0 bridgehead atoms. The Labute approximate surface area is 132 Å². The van der Waals surface area contributed by atoms with E-state index in [0.29, 0.717) is 0 Å². The molecule has 1 amide bonds. The van der Waals surface area contributed by atoms with Gasteiger partial charge in [0.1, 0.15) is 0 Å². The Morgan fingerprint density at radius 3 is 2.64 bits per heavy atom. The van der Waals surface area contributed by atoms with E-state index in [2.05, 4.69) is 37.4 Å². The monoisotopic (exact) mass is 296 g/mol. The third-order valence-corrected chi connectivity index (χ3v) is 4.53. The molecule has 3 heteroatoms. The minimum absolute atomic E-state index is 0.0600. The smallest absolute Gasteiger partial charge is 0.248 e.